The van der Waals surface area contributed by atoms with Crippen molar-refractivity contribution in [3.63, 3.8) is 0 Å². The lowest BCUT2D eigenvalue weighted by Crippen LogP contribution is -2.22. The third-order valence-electron chi connectivity index (χ3n) is 3.27. The van der Waals surface area contributed by atoms with Gasteiger partial charge in [0.1, 0.15) is 0 Å². The molecule has 0 saturated heterocycles. The number of aromatic nitrogens is 2. The maximum Gasteiger partial charge on any atom is 0.273 e. The number of nitrogens with zero attached hydrogens (tertiary/aromatic N) is 3. The van der Waals surface area contributed by atoms with Gasteiger partial charge in [0.2, 0.25) is 0 Å². The highest BCUT2D eigenvalue weighted by molar-refractivity contribution is 6.09. The molecule has 2 rings (SSSR count). The molecular formula is C14H15N5O4. The molecule has 0 spiro atoms. The molecule has 23 heavy (non-hydrogen) atoms. The first-order valence-electron chi connectivity index (χ1n) is 6.66. The SMILES string of the molecule is CNC(=O)c1nn(C)cc1NC(=O)c1cccc([N+](=O)[O-])c1C. The number of nitrogens with one attached hydrogen (secondary N) is 2. The Hall–Kier alpha value is -3.23. The molecule has 1 aromatic heterocycles. The molecular weight excluding hydrogens is 302 g/mol. The second-order valence-corrected chi connectivity index (χ2v) is 4.81. The third kappa shape index (κ3) is 3.18. The van der Waals surface area contributed by atoms with Gasteiger partial charge < -0.3 is 10.6 Å². The highest BCUT2D eigenvalue weighted by Crippen LogP contribution is 2.22. The summed E-state index contributed by atoms with van der Waals surface area (Å²) >= 11 is 0. The fourth-order valence-electron chi connectivity index (χ4n) is 2.12. The van der Waals surface area contributed by atoms with E-state index >= 15 is 0 Å². The Morgan fingerprint density at radius 2 is 2.00 bits per heavy atom. The third-order valence-corrected chi connectivity index (χ3v) is 3.27. The second kappa shape index (κ2) is 6.26. The normalized spacial score (nSPS) is 10.2. The van der Waals surface area contributed by atoms with Crippen molar-refractivity contribution in [3.05, 3.63) is 51.3 Å². The van der Waals surface area contributed by atoms with E-state index in [2.05, 4.69) is 15.7 Å². The number of hydrogen-bond donors (Lipinski definition) is 2. The maximum atomic E-state index is 12.4. The van der Waals surface area contributed by atoms with Crippen LogP contribution in [0.3, 0.4) is 0 Å². The zero-order chi connectivity index (χ0) is 17.1. The highest BCUT2D eigenvalue weighted by atomic mass is 16.6. The number of rotatable bonds is 4. The molecule has 2 aromatic rings. The summed E-state index contributed by atoms with van der Waals surface area (Å²) in [5, 5.41) is 19.9. The number of aryl methyl sites for hydroxylation is 1. The molecule has 0 aliphatic rings. The van der Waals surface area contributed by atoms with E-state index in [9.17, 15) is 19.7 Å². The zero-order valence-corrected chi connectivity index (χ0v) is 12.8. The molecule has 0 aliphatic carbocycles. The number of nitro benzene ring substituents is 1. The van der Waals surface area contributed by atoms with Gasteiger partial charge in [-0.1, -0.05) is 6.07 Å². The number of anilines is 1. The van der Waals surface area contributed by atoms with Gasteiger partial charge in [-0.3, -0.25) is 24.4 Å². The summed E-state index contributed by atoms with van der Waals surface area (Å²) in [5.74, 6) is -0.999. The van der Waals surface area contributed by atoms with Gasteiger partial charge in [-0.15, -0.1) is 0 Å². The Bertz CT molecular complexity index is 796. The number of carbonyl (C=O) groups excluding carboxylic acids is 2. The van der Waals surface area contributed by atoms with E-state index < -0.39 is 16.7 Å². The Morgan fingerprint density at radius 1 is 1.30 bits per heavy atom. The molecule has 9 nitrogen and oxygen atoms in total. The summed E-state index contributed by atoms with van der Waals surface area (Å²) in [6.07, 6.45) is 1.48. The molecule has 0 fully saturated rings. The van der Waals surface area contributed by atoms with Crippen molar-refractivity contribution in [3.8, 4) is 0 Å². The van der Waals surface area contributed by atoms with Crippen molar-refractivity contribution in [2.75, 3.05) is 12.4 Å². The fourth-order valence-corrected chi connectivity index (χ4v) is 2.12. The van der Waals surface area contributed by atoms with Gasteiger partial charge in [0.15, 0.2) is 5.69 Å². The van der Waals surface area contributed by atoms with Crippen LogP contribution in [0.25, 0.3) is 0 Å². The molecule has 0 saturated carbocycles. The fraction of sp³-hybridized carbons (Fsp3) is 0.214. The van der Waals surface area contributed by atoms with Crippen molar-refractivity contribution in [2.24, 2.45) is 7.05 Å². The molecule has 0 radical (unpaired) electrons. The summed E-state index contributed by atoms with van der Waals surface area (Å²) < 4.78 is 1.39. The van der Waals surface area contributed by atoms with Crippen molar-refractivity contribution in [1.82, 2.24) is 15.1 Å². The van der Waals surface area contributed by atoms with Gasteiger partial charge in [-0.05, 0) is 13.0 Å². The van der Waals surface area contributed by atoms with Gasteiger partial charge in [-0.25, -0.2) is 0 Å². The second-order valence-electron chi connectivity index (χ2n) is 4.81. The quantitative estimate of drug-likeness (QED) is 0.649. The van der Waals surface area contributed by atoms with Crippen LogP contribution in [-0.2, 0) is 7.05 Å². The summed E-state index contributed by atoms with van der Waals surface area (Å²) in [6.45, 7) is 1.50. The highest BCUT2D eigenvalue weighted by Gasteiger charge is 2.21. The molecule has 0 unspecified atom stereocenters. The molecule has 1 heterocycles. The standard InChI is InChI=1S/C14H15N5O4/c1-8-9(5-4-6-11(8)19(22)23)13(20)16-10-7-18(3)17-12(10)14(21)15-2/h4-7H,1-3H3,(H,15,21)(H,16,20). The Balaban J connectivity index is 2.36. The Labute approximate surface area is 131 Å². The van der Waals surface area contributed by atoms with Crippen molar-refractivity contribution >= 4 is 23.2 Å². The molecule has 9 heteroatoms. The number of nitro groups is 1. The average Bonchev–Trinajstić information content (AvgIpc) is 2.86. The zero-order valence-electron chi connectivity index (χ0n) is 12.8. The van der Waals surface area contributed by atoms with Crippen molar-refractivity contribution < 1.29 is 14.5 Å². The predicted molar refractivity (Wildman–Crippen MR) is 82.4 cm³/mol. The minimum Gasteiger partial charge on any atom is -0.354 e. The lowest BCUT2D eigenvalue weighted by atomic mass is 10.1. The lowest BCUT2D eigenvalue weighted by Gasteiger charge is -2.07. The van der Waals surface area contributed by atoms with Crippen LogP contribution in [0.1, 0.15) is 26.4 Å². The van der Waals surface area contributed by atoms with Gasteiger partial charge in [0, 0.05) is 37.5 Å². The van der Waals surface area contributed by atoms with Crippen LogP contribution in [0.5, 0.6) is 0 Å². The average molecular weight is 317 g/mol. The first kappa shape index (κ1) is 16.1. The minimum atomic E-state index is -0.552. The maximum absolute atomic E-state index is 12.4. The van der Waals surface area contributed by atoms with Crippen molar-refractivity contribution in [2.45, 2.75) is 6.92 Å². The van der Waals surface area contributed by atoms with E-state index in [-0.39, 0.29) is 28.2 Å². The van der Waals surface area contributed by atoms with Gasteiger partial charge >= 0.3 is 0 Å². The molecule has 0 bridgehead atoms. The molecule has 2 amide bonds. The van der Waals surface area contributed by atoms with E-state index in [0.29, 0.717) is 0 Å². The monoisotopic (exact) mass is 317 g/mol. The molecule has 1 aromatic carbocycles. The molecule has 0 aliphatic heterocycles. The number of hydrogen-bond acceptors (Lipinski definition) is 5. The van der Waals surface area contributed by atoms with Gasteiger partial charge in [0.25, 0.3) is 17.5 Å². The lowest BCUT2D eigenvalue weighted by molar-refractivity contribution is -0.385. The summed E-state index contributed by atoms with van der Waals surface area (Å²) in [6, 6.07) is 4.24. The van der Waals surface area contributed by atoms with Crippen molar-refractivity contribution in [1.29, 1.82) is 0 Å². The summed E-state index contributed by atoms with van der Waals surface area (Å²) in [5.41, 5.74) is 0.552. The predicted octanol–water partition coefficient (Wildman–Crippen LogP) is 1.25. The summed E-state index contributed by atoms with van der Waals surface area (Å²) in [7, 11) is 3.06. The van der Waals surface area contributed by atoms with E-state index in [1.165, 1.54) is 43.0 Å². The number of carbonyl (C=O) groups is 2. The first-order chi connectivity index (χ1) is 10.8. The Morgan fingerprint density at radius 3 is 2.61 bits per heavy atom. The van der Waals surface area contributed by atoms with Crippen LogP contribution in [-0.4, -0.2) is 33.6 Å². The van der Waals surface area contributed by atoms with Crippen LogP contribution in [0.2, 0.25) is 0 Å². The van der Waals surface area contributed by atoms with Crippen LogP contribution in [0.4, 0.5) is 11.4 Å². The minimum absolute atomic E-state index is 0.0615. The van der Waals surface area contributed by atoms with Gasteiger partial charge in [0.05, 0.1) is 10.6 Å². The summed E-state index contributed by atoms with van der Waals surface area (Å²) in [4.78, 5) is 34.5. The van der Waals surface area contributed by atoms with E-state index in [1.807, 2.05) is 0 Å². The van der Waals surface area contributed by atoms with E-state index in [4.69, 9.17) is 0 Å². The van der Waals surface area contributed by atoms with Crippen LogP contribution in [0.15, 0.2) is 24.4 Å². The molecule has 0 atom stereocenters. The molecule has 2 N–H and O–H groups in total. The van der Waals surface area contributed by atoms with E-state index in [1.54, 1.807) is 7.05 Å². The smallest absolute Gasteiger partial charge is 0.273 e. The molecule has 120 valence electrons. The van der Waals surface area contributed by atoms with E-state index in [0.717, 1.165) is 0 Å². The van der Waals surface area contributed by atoms with Gasteiger partial charge in [-0.2, -0.15) is 5.10 Å². The number of benzene rings is 1. The largest absolute Gasteiger partial charge is 0.354 e. The van der Waals surface area contributed by atoms with Crippen LogP contribution in [0, 0.1) is 17.0 Å². The van der Waals surface area contributed by atoms with Crippen LogP contribution >= 0.6 is 0 Å². The first-order valence-corrected chi connectivity index (χ1v) is 6.66. The topological polar surface area (TPSA) is 119 Å². The van der Waals surface area contributed by atoms with Crippen LogP contribution < -0.4 is 10.6 Å². The Kier molecular flexibility index (Phi) is 4.39. The number of amides is 2.